The summed E-state index contributed by atoms with van der Waals surface area (Å²) in [5, 5.41) is 0. The number of carbonyl (C=O) groups is 1. The molecule has 3 atom stereocenters. The van der Waals surface area contributed by atoms with Gasteiger partial charge in [-0.05, 0) is 37.3 Å². The van der Waals surface area contributed by atoms with Gasteiger partial charge in [0.15, 0.2) is 0 Å². The Morgan fingerprint density at radius 2 is 1.70 bits per heavy atom. The smallest absolute Gasteiger partial charge is 0.239 e. The molecule has 2 aromatic rings. The second-order valence-corrected chi connectivity index (χ2v) is 7.73. The van der Waals surface area contributed by atoms with Crippen molar-refractivity contribution in [3.05, 3.63) is 71.8 Å². The van der Waals surface area contributed by atoms with E-state index in [9.17, 15) is 4.79 Å². The number of nitrogens with zero attached hydrogens (tertiary/aromatic N) is 2. The lowest BCUT2D eigenvalue weighted by Gasteiger charge is -2.41. The van der Waals surface area contributed by atoms with E-state index in [1.807, 2.05) is 42.3 Å². The Bertz CT molecular complexity index is 719. The van der Waals surface area contributed by atoms with Gasteiger partial charge in [-0.25, -0.2) is 0 Å². The molecular formula is C23H31N3O. The summed E-state index contributed by atoms with van der Waals surface area (Å²) < 4.78 is 0. The molecule has 0 radical (unpaired) electrons. The summed E-state index contributed by atoms with van der Waals surface area (Å²) in [6, 6.07) is 20.8. The molecule has 1 amide bonds. The number of rotatable bonds is 6. The number of amides is 1. The first-order valence-corrected chi connectivity index (χ1v) is 9.88. The van der Waals surface area contributed by atoms with Gasteiger partial charge >= 0.3 is 0 Å². The molecule has 0 bridgehead atoms. The van der Waals surface area contributed by atoms with Gasteiger partial charge in [0.05, 0.1) is 6.04 Å². The summed E-state index contributed by atoms with van der Waals surface area (Å²) in [5.41, 5.74) is 8.67. The Morgan fingerprint density at radius 1 is 1.11 bits per heavy atom. The third-order valence-electron chi connectivity index (χ3n) is 5.73. The molecule has 3 rings (SSSR count). The van der Waals surface area contributed by atoms with Crippen LogP contribution in [-0.2, 0) is 17.8 Å². The molecule has 0 unspecified atom stereocenters. The Hall–Kier alpha value is -2.17. The van der Waals surface area contributed by atoms with Crippen molar-refractivity contribution >= 4 is 5.91 Å². The number of hydrogen-bond donors (Lipinski definition) is 1. The van der Waals surface area contributed by atoms with Gasteiger partial charge in [-0.1, -0.05) is 60.7 Å². The van der Waals surface area contributed by atoms with Crippen LogP contribution in [0.25, 0.3) is 0 Å². The fourth-order valence-electron chi connectivity index (χ4n) is 4.00. The van der Waals surface area contributed by atoms with Gasteiger partial charge in [-0.3, -0.25) is 9.69 Å². The zero-order valence-corrected chi connectivity index (χ0v) is 16.4. The molecule has 1 fully saturated rings. The molecule has 2 aromatic carbocycles. The van der Waals surface area contributed by atoms with Crippen LogP contribution in [0.2, 0.25) is 0 Å². The highest BCUT2D eigenvalue weighted by Gasteiger charge is 2.31. The maximum absolute atomic E-state index is 12.8. The van der Waals surface area contributed by atoms with Gasteiger partial charge in [0.25, 0.3) is 0 Å². The van der Waals surface area contributed by atoms with E-state index in [-0.39, 0.29) is 11.9 Å². The Labute approximate surface area is 163 Å². The van der Waals surface area contributed by atoms with Crippen LogP contribution < -0.4 is 5.73 Å². The molecule has 0 spiro atoms. The van der Waals surface area contributed by atoms with Gasteiger partial charge in [-0.2, -0.15) is 0 Å². The highest BCUT2D eigenvalue weighted by molar-refractivity contribution is 5.82. The van der Waals surface area contributed by atoms with E-state index in [0.717, 1.165) is 31.5 Å². The number of benzene rings is 2. The standard InChI is InChI=1S/C23H31N3O/c1-18-15-21(13-14-26(18)17-20-11-7-4-8-12-20)25(2)23(27)22(24)16-19-9-5-3-6-10-19/h3-12,18,21-22H,13-17,24H2,1-2H3/t18-,21+,22-/m0/s1. The molecule has 0 aromatic heterocycles. The second kappa shape index (κ2) is 9.16. The first kappa shape index (κ1) is 19.6. The van der Waals surface area contributed by atoms with E-state index in [4.69, 9.17) is 5.73 Å². The minimum absolute atomic E-state index is 0.0487. The van der Waals surface area contributed by atoms with Crippen molar-refractivity contribution in [1.29, 1.82) is 0 Å². The lowest BCUT2D eigenvalue weighted by molar-refractivity contribution is -0.134. The molecule has 2 N–H and O–H groups in total. The number of nitrogens with two attached hydrogens (primary N) is 1. The normalized spacial score (nSPS) is 21.6. The average Bonchev–Trinajstić information content (AvgIpc) is 2.70. The van der Waals surface area contributed by atoms with Crippen LogP contribution >= 0.6 is 0 Å². The van der Waals surface area contributed by atoms with E-state index >= 15 is 0 Å². The second-order valence-electron chi connectivity index (χ2n) is 7.73. The fraction of sp³-hybridized carbons (Fsp3) is 0.435. The minimum Gasteiger partial charge on any atom is -0.341 e. The summed E-state index contributed by atoms with van der Waals surface area (Å²) in [6.45, 7) is 4.24. The van der Waals surface area contributed by atoms with Gasteiger partial charge in [0.2, 0.25) is 5.91 Å². The van der Waals surface area contributed by atoms with Crippen molar-refractivity contribution in [3.8, 4) is 0 Å². The van der Waals surface area contributed by atoms with Crippen LogP contribution in [-0.4, -0.2) is 47.4 Å². The predicted molar refractivity (Wildman–Crippen MR) is 110 cm³/mol. The van der Waals surface area contributed by atoms with Gasteiger partial charge < -0.3 is 10.6 Å². The Morgan fingerprint density at radius 3 is 2.30 bits per heavy atom. The first-order valence-electron chi connectivity index (χ1n) is 9.88. The molecular weight excluding hydrogens is 334 g/mol. The zero-order chi connectivity index (χ0) is 19.2. The lowest BCUT2D eigenvalue weighted by Crippen LogP contribution is -2.53. The van der Waals surface area contributed by atoms with E-state index in [2.05, 4.69) is 42.2 Å². The molecule has 1 aliphatic heterocycles. The molecule has 4 heteroatoms. The average molecular weight is 366 g/mol. The maximum Gasteiger partial charge on any atom is 0.239 e. The number of piperidine rings is 1. The number of likely N-dealkylation sites (tertiary alicyclic amines) is 1. The Kier molecular flexibility index (Phi) is 6.64. The topological polar surface area (TPSA) is 49.6 Å². The summed E-state index contributed by atoms with van der Waals surface area (Å²) in [7, 11) is 1.91. The summed E-state index contributed by atoms with van der Waals surface area (Å²) >= 11 is 0. The fourth-order valence-corrected chi connectivity index (χ4v) is 4.00. The minimum atomic E-state index is -0.477. The van der Waals surface area contributed by atoms with Crippen molar-refractivity contribution in [2.45, 2.75) is 50.9 Å². The monoisotopic (exact) mass is 365 g/mol. The zero-order valence-electron chi connectivity index (χ0n) is 16.4. The van der Waals surface area contributed by atoms with Gasteiger partial charge in [-0.15, -0.1) is 0 Å². The van der Waals surface area contributed by atoms with Crippen LogP contribution in [0.3, 0.4) is 0 Å². The first-order chi connectivity index (χ1) is 13.0. The molecule has 1 aliphatic rings. The van der Waals surface area contributed by atoms with E-state index in [0.29, 0.717) is 12.5 Å². The maximum atomic E-state index is 12.8. The predicted octanol–water partition coefficient (Wildman–Crippen LogP) is 3.07. The quantitative estimate of drug-likeness (QED) is 0.856. The molecule has 1 heterocycles. The molecule has 0 aliphatic carbocycles. The Balaban J connectivity index is 1.53. The molecule has 144 valence electrons. The van der Waals surface area contributed by atoms with Crippen LogP contribution in [0.4, 0.5) is 0 Å². The summed E-state index contributed by atoms with van der Waals surface area (Å²) in [6.07, 6.45) is 2.58. The van der Waals surface area contributed by atoms with Crippen LogP contribution in [0.5, 0.6) is 0 Å². The third kappa shape index (κ3) is 5.18. The number of carbonyl (C=O) groups excluding carboxylic acids is 1. The number of hydrogen-bond acceptors (Lipinski definition) is 3. The third-order valence-corrected chi connectivity index (χ3v) is 5.73. The largest absolute Gasteiger partial charge is 0.341 e. The van der Waals surface area contributed by atoms with Crippen molar-refractivity contribution in [2.75, 3.05) is 13.6 Å². The van der Waals surface area contributed by atoms with E-state index < -0.39 is 6.04 Å². The van der Waals surface area contributed by atoms with Crippen LogP contribution in [0.1, 0.15) is 30.9 Å². The van der Waals surface area contributed by atoms with Crippen molar-refractivity contribution < 1.29 is 4.79 Å². The summed E-state index contributed by atoms with van der Waals surface area (Å²) in [4.78, 5) is 17.2. The highest BCUT2D eigenvalue weighted by atomic mass is 16.2. The van der Waals surface area contributed by atoms with Crippen LogP contribution in [0, 0.1) is 0 Å². The van der Waals surface area contributed by atoms with Crippen molar-refractivity contribution in [3.63, 3.8) is 0 Å². The summed E-state index contributed by atoms with van der Waals surface area (Å²) in [5.74, 6) is 0.0487. The van der Waals surface area contributed by atoms with E-state index in [1.54, 1.807) is 0 Å². The van der Waals surface area contributed by atoms with Crippen molar-refractivity contribution in [1.82, 2.24) is 9.80 Å². The highest BCUT2D eigenvalue weighted by Crippen LogP contribution is 2.23. The SMILES string of the molecule is C[C@H]1C[C@H](N(C)C(=O)[C@@H](N)Cc2ccccc2)CCN1Cc1ccccc1. The van der Waals surface area contributed by atoms with Crippen molar-refractivity contribution in [2.24, 2.45) is 5.73 Å². The molecule has 0 saturated carbocycles. The van der Waals surface area contributed by atoms with E-state index in [1.165, 1.54) is 5.56 Å². The molecule has 27 heavy (non-hydrogen) atoms. The lowest BCUT2D eigenvalue weighted by atomic mass is 9.95. The molecule has 1 saturated heterocycles. The number of likely N-dealkylation sites (N-methyl/N-ethyl adjacent to an activating group) is 1. The molecule has 4 nitrogen and oxygen atoms in total. The van der Waals surface area contributed by atoms with Gasteiger partial charge in [0, 0.05) is 32.2 Å². The van der Waals surface area contributed by atoms with Gasteiger partial charge in [0.1, 0.15) is 0 Å². The van der Waals surface area contributed by atoms with Crippen LogP contribution in [0.15, 0.2) is 60.7 Å².